The quantitative estimate of drug-likeness (QED) is 0.921. The standard InChI is InChI=1S/C14H19FN4/c1-9-5-6-12(7-13(9)15)10(2)17-11(3)14-18-16-8-19(14)4/h5-8,10-11,17H,1-4H3. The largest absolute Gasteiger partial charge is 0.319 e. The number of hydrogen-bond acceptors (Lipinski definition) is 3. The van der Waals surface area contributed by atoms with Crippen LogP contribution in [0.1, 0.15) is 42.9 Å². The maximum Gasteiger partial charge on any atom is 0.149 e. The van der Waals surface area contributed by atoms with Crippen LogP contribution in [0.15, 0.2) is 24.5 Å². The molecule has 0 saturated heterocycles. The Morgan fingerprint density at radius 3 is 2.58 bits per heavy atom. The maximum atomic E-state index is 13.6. The summed E-state index contributed by atoms with van der Waals surface area (Å²) in [5, 5.41) is 11.3. The third-order valence-corrected chi connectivity index (χ3v) is 3.33. The Morgan fingerprint density at radius 1 is 1.26 bits per heavy atom. The summed E-state index contributed by atoms with van der Waals surface area (Å²) in [4.78, 5) is 0. The Hall–Kier alpha value is -1.75. The SMILES string of the molecule is Cc1ccc(C(C)NC(C)c2nncn2C)cc1F. The van der Waals surface area contributed by atoms with Crippen LogP contribution in [-0.4, -0.2) is 14.8 Å². The lowest BCUT2D eigenvalue weighted by atomic mass is 10.1. The van der Waals surface area contributed by atoms with Crippen LogP contribution in [0.3, 0.4) is 0 Å². The average molecular weight is 262 g/mol. The minimum atomic E-state index is -0.169. The normalized spacial score (nSPS) is 14.4. The highest BCUT2D eigenvalue weighted by Crippen LogP contribution is 2.19. The van der Waals surface area contributed by atoms with E-state index in [0.717, 1.165) is 11.4 Å². The highest BCUT2D eigenvalue weighted by Gasteiger charge is 2.15. The predicted octanol–water partition coefficient (Wildman–Crippen LogP) is 2.67. The molecule has 2 rings (SSSR count). The summed E-state index contributed by atoms with van der Waals surface area (Å²) < 4.78 is 15.4. The molecule has 1 aromatic carbocycles. The molecule has 1 N–H and O–H groups in total. The van der Waals surface area contributed by atoms with Gasteiger partial charge in [0.2, 0.25) is 0 Å². The number of rotatable bonds is 4. The van der Waals surface area contributed by atoms with E-state index in [0.29, 0.717) is 5.56 Å². The van der Waals surface area contributed by atoms with Crippen LogP contribution in [0, 0.1) is 12.7 Å². The molecule has 19 heavy (non-hydrogen) atoms. The van der Waals surface area contributed by atoms with Crippen LogP contribution >= 0.6 is 0 Å². The zero-order chi connectivity index (χ0) is 14.0. The van der Waals surface area contributed by atoms with Gasteiger partial charge in [0.15, 0.2) is 0 Å². The molecule has 5 heteroatoms. The Labute approximate surface area is 112 Å². The molecule has 2 atom stereocenters. The lowest BCUT2D eigenvalue weighted by molar-refractivity contribution is 0.464. The zero-order valence-electron chi connectivity index (χ0n) is 11.7. The first kappa shape index (κ1) is 13.7. The summed E-state index contributed by atoms with van der Waals surface area (Å²) in [5.74, 6) is 0.692. The molecule has 0 radical (unpaired) electrons. The van der Waals surface area contributed by atoms with E-state index in [1.54, 1.807) is 25.4 Å². The topological polar surface area (TPSA) is 42.7 Å². The molecule has 0 aliphatic rings. The number of nitrogens with zero attached hydrogens (tertiary/aromatic N) is 3. The van der Waals surface area contributed by atoms with Crippen molar-refractivity contribution in [2.24, 2.45) is 7.05 Å². The first-order valence-corrected chi connectivity index (χ1v) is 6.35. The average Bonchev–Trinajstić information content (AvgIpc) is 2.79. The summed E-state index contributed by atoms with van der Waals surface area (Å²) >= 11 is 0. The smallest absolute Gasteiger partial charge is 0.149 e. The fraction of sp³-hybridized carbons (Fsp3) is 0.429. The summed E-state index contributed by atoms with van der Waals surface area (Å²) in [6, 6.07) is 5.42. The monoisotopic (exact) mass is 262 g/mol. The molecule has 0 amide bonds. The van der Waals surface area contributed by atoms with Crippen molar-refractivity contribution in [1.82, 2.24) is 20.1 Å². The van der Waals surface area contributed by atoms with Gasteiger partial charge >= 0.3 is 0 Å². The fourth-order valence-electron chi connectivity index (χ4n) is 2.11. The predicted molar refractivity (Wildman–Crippen MR) is 72.1 cm³/mol. The second kappa shape index (κ2) is 5.48. The van der Waals surface area contributed by atoms with E-state index in [2.05, 4.69) is 15.5 Å². The summed E-state index contributed by atoms with van der Waals surface area (Å²) in [7, 11) is 1.91. The molecule has 0 bridgehead atoms. The van der Waals surface area contributed by atoms with Crippen LogP contribution in [0.4, 0.5) is 4.39 Å². The number of hydrogen-bond donors (Lipinski definition) is 1. The molecule has 0 spiro atoms. The number of aryl methyl sites for hydroxylation is 2. The Balaban J connectivity index is 2.10. The molecular weight excluding hydrogens is 243 g/mol. The van der Waals surface area contributed by atoms with E-state index in [9.17, 15) is 4.39 Å². The molecule has 1 heterocycles. The van der Waals surface area contributed by atoms with Gasteiger partial charge in [0, 0.05) is 13.1 Å². The number of nitrogens with one attached hydrogen (secondary N) is 1. The molecule has 0 aliphatic heterocycles. The van der Waals surface area contributed by atoms with Crippen molar-refractivity contribution in [2.45, 2.75) is 32.9 Å². The lowest BCUT2D eigenvalue weighted by Gasteiger charge is -2.20. The first-order valence-electron chi connectivity index (χ1n) is 6.35. The third-order valence-electron chi connectivity index (χ3n) is 3.33. The van der Waals surface area contributed by atoms with Gasteiger partial charge in [0.05, 0.1) is 6.04 Å². The van der Waals surface area contributed by atoms with E-state index in [4.69, 9.17) is 0 Å². The van der Waals surface area contributed by atoms with Crippen LogP contribution in [-0.2, 0) is 7.05 Å². The van der Waals surface area contributed by atoms with Gasteiger partial charge in [-0.3, -0.25) is 0 Å². The molecular formula is C14H19FN4. The lowest BCUT2D eigenvalue weighted by Crippen LogP contribution is -2.24. The highest BCUT2D eigenvalue weighted by molar-refractivity contribution is 5.25. The summed E-state index contributed by atoms with van der Waals surface area (Å²) in [5.41, 5.74) is 1.59. The molecule has 0 aliphatic carbocycles. The minimum Gasteiger partial charge on any atom is -0.319 e. The van der Waals surface area contributed by atoms with Crippen molar-refractivity contribution in [3.8, 4) is 0 Å². The van der Waals surface area contributed by atoms with Crippen molar-refractivity contribution in [2.75, 3.05) is 0 Å². The molecule has 0 saturated carbocycles. The van der Waals surface area contributed by atoms with Gasteiger partial charge in [0.25, 0.3) is 0 Å². The minimum absolute atomic E-state index is 0.0433. The molecule has 0 fully saturated rings. The van der Waals surface area contributed by atoms with Gasteiger partial charge in [-0.25, -0.2) is 4.39 Å². The molecule has 2 aromatic rings. The van der Waals surface area contributed by atoms with Crippen molar-refractivity contribution < 1.29 is 4.39 Å². The van der Waals surface area contributed by atoms with Gasteiger partial charge in [0.1, 0.15) is 18.0 Å². The van der Waals surface area contributed by atoms with Crippen LogP contribution in [0.5, 0.6) is 0 Å². The van der Waals surface area contributed by atoms with Gasteiger partial charge in [-0.15, -0.1) is 10.2 Å². The van der Waals surface area contributed by atoms with E-state index < -0.39 is 0 Å². The molecule has 1 aromatic heterocycles. The highest BCUT2D eigenvalue weighted by atomic mass is 19.1. The van der Waals surface area contributed by atoms with Crippen molar-refractivity contribution >= 4 is 0 Å². The number of benzene rings is 1. The summed E-state index contributed by atoms with van der Waals surface area (Å²) in [6.45, 7) is 5.79. The Morgan fingerprint density at radius 2 is 2.00 bits per heavy atom. The second-order valence-electron chi connectivity index (χ2n) is 4.92. The fourth-order valence-corrected chi connectivity index (χ4v) is 2.11. The Kier molecular flexibility index (Phi) is 3.95. The van der Waals surface area contributed by atoms with E-state index in [-0.39, 0.29) is 17.9 Å². The van der Waals surface area contributed by atoms with Crippen LogP contribution in [0.2, 0.25) is 0 Å². The van der Waals surface area contributed by atoms with Gasteiger partial charge in [-0.05, 0) is 38.0 Å². The van der Waals surface area contributed by atoms with Crippen LogP contribution < -0.4 is 5.32 Å². The van der Waals surface area contributed by atoms with Crippen molar-refractivity contribution in [3.63, 3.8) is 0 Å². The number of aromatic nitrogens is 3. The van der Waals surface area contributed by atoms with Gasteiger partial charge < -0.3 is 9.88 Å². The zero-order valence-corrected chi connectivity index (χ0v) is 11.7. The van der Waals surface area contributed by atoms with E-state index >= 15 is 0 Å². The van der Waals surface area contributed by atoms with E-state index in [1.165, 1.54) is 0 Å². The third kappa shape index (κ3) is 2.98. The first-order chi connectivity index (χ1) is 8.99. The van der Waals surface area contributed by atoms with Crippen LogP contribution in [0.25, 0.3) is 0 Å². The van der Waals surface area contributed by atoms with Crippen molar-refractivity contribution in [1.29, 1.82) is 0 Å². The summed E-state index contributed by atoms with van der Waals surface area (Å²) in [6.07, 6.45) is 1.67. The second-order valence-corrected chi connectivity index (χ2v) is 4.92. The Bertz CT molecular complexity index is 564. The maximum absolute atomic E-state index is 13.6. The molecule has 4 nitrogen and oxygen atoms in total. The molecule has 2 unspecified atom stereocenters. The van der Waals surface area contributed by atoms with Gasteiger partial charge in [-0.1, -0.05) is 12.1 Å². The van der Waals surface area contributed by atoms with E-state index in [1.807, 2.05) is 31.5 Å². The molecule has 102 valence electrons. The van der Waals surface area contributed by atoms with Gasteiger partial charge in [-0.2, -0.15) is 0 Å². The number of halogens is 1. The van der Waals surface area contributed by atoms with Crippen molar-refractivity contribution in [3.05, 3.63) is 47.3 Å².